The molecule has 0 saturated heterocycles. The van der Waals surface area contributed by atoms with Crippen molar-refractivity contribution in [1.29, 1.82) is 0 Å². The number of hydrogen-bond acceptors (Lipinski definition) is 2. The fraction of sp³-hybridized carbons (Fsp3) is 0.471. The molecule has 0 radical (unpaired) electrons. The van der Waals surface area contributed by atoms with E-state index < -0.39 is 0 Å². The number of nitrogens with one attached hydrogen (secondary N) is 1. The largest absolute Gasteiger partial charge is 0.459 e. The summed E-state index contributed by atoms with van der Waals surface area (Å²) in [6, 6.07) is 10.2. The lowest BCUT2D eigenvalue weighted by Gasteiger charge is -2.21. The smallest absolute Gasteiger partial charge is 0.193 e. The first-order valence-electron chi connectivity index (χ1n) is 7.65. The molecule has 1 fully saturated rings. The molecule has 1 aliphatic rings. The van der Waals surface area contributed by atoms with Crippen LogP contribution in [0.25, 0.3) is 11.0 Å². The molecule has 0 bridgehead atoms. The van der Waals surface area contributed by atoms with Gasteiger partial charge in [0, 0.05) is 26.0 Å². The predicted molar refractivity (Wildman–Crippen MR) is 102 cm³/mol. The molecule has 2 aromatic rings. The Balaban J connectivity index is 0.00000176. The number of furan rings is 1. The summed E-state index contributed by atoms with van der Waals surface area (Å²) in [5.74, 6) is 2.83. The van der Waals surface area contributed by atoms with Crippen LogP contribution >= 0.6 is 24.0 Å². The highest BCUT2D eigenvalue weighted by atomic mass is 127. The lowest BCUT2D eigenvalue weighted by molar-refractivity contribution is 0.412. The number of guanidine groups is 1. The molecule has 1 saturated carbocycles. The minimum absolute atomic E-state index is 0. The van der Waals surface area contributed by atoms with Crippen molar-refractivity contribution in [3.63, 3.8) is 0 Å². The highest BCUT2D eigenvalue weighted by molar-refractivity contribution is 14.0. The highest BCUT2D eigenvalue weighted by Crippen LogP contribution is 2.31. The third-order valence-electron chi connectivity index (χ3n) is 3.98. The normalized spacial score (nSPS) is 14.7. The van der Waals surface area contributed by atoms with Crippen LogP contribution in [0, 0.1) is 5.92 Å². The third kappa shape index (κ3) is 4.38. The molecule has 0 atom stereocenters. The van der Waals surface area contributed by atoms with Crippen LogP contribution in [-0.2, 0) is 6.54 Å². The Labute approximate surface area is 149 Å². The summed E-state index contributed by atoms with van der Waals surface area (Å²) in [5, 5.41) is 4.58. The van der Waals surface area contributed by atoms with Gasteiger partial charge in [-0.05, 0) is 24.5 Å². The Morgan fingerprint density at radius 2 is 2.14 bits per heavy atom. The van der Waals surface area contributed by atoms with E-state index >= 15 is 0 Å². The van der Waals surface area contributed by atoms with Gasteiger partial charge in [0.15, 0.2) is 5.96 Å². The quantitative estimate of drug-likeness (QED) is 0.460. The Hall–Kier alpha value is -1.24. The van der Waals surface area contributed by atoms with E-state index in [1.54, 1.807) is 0 Å². The second kappa shape index (κ2) is 7.85. The molecular formula is C17H24IN3O. The van der Waals surface area contributed by atoms with Gasteiger partial charge in [0.1, 0.15) is 11.3 Å². The van der Waals surface area contributed by atoms with Crippen LogP contribution in [0.4, 0.5) is 0 Å². The zero-order valence-electron chi connectivity index (χ0n) is 13.2. The molecular weight excluding hydrogens is 389 g/mol. The second-order valence-corrected chi connectivity index (χ2v) is 5.81. The molecule has 1 N–H and O–H groups in total. The minimum Gasteiger partial charge on any atom is -0.459 e. The molecule has 5 heteroatoms. The van der Waals surface area contributed by atoms with Crippen LogP contribution in [0.2, 0.25) is 0 Å². The summed E-state index contributed by atoms with van der Waals surface area (Å²) in [6.45, 7) is 1.72. The molecule has 3 rings (SSSR count). The number of para-hydroxylation sites is 1. The molecule has 0 spiro atoms. The topological polar surface area (TPSA) is 40.8 Å². The number of rotatable bonds is 5. The van der Waals surface area contributed by atoms with Crippen molar-refractivity contribution in [2.75, 3.05) is 20.6 Å². The van der Waals surface area contributed by atoms with Crippen molar-refractivity contribution < 1.29 is 4.42 Å². The summed E-state index contributed by atoms with van der Waals surface area (Å²) in [7, 11) is 3.87. The third-order valence-corrected chi connectivity index (χ3v) is 3.98. The van der Waals surface area contributed by atoms with Gasteiger partial charge in [0.25, 0.3) is 0 Å². The van der Waals surface area contributed by atoms with Gasteiger partial charge < -0.3 is 14.6 Å². The van der Waals surface area contributed by atoms with Gasteiger partial charge in [-0.2, -0.15) is 0 Å². The molecule has 1 aromatic carbocycles. The van der Waals surface area contributed by atoms with Gasteiger partial charge in [0.05, 0.1) is 6.54 Å². The van der Waals surface area contributed by atoms with Crippen LogP contribution < -0.4 is 5.32 Å². The molecule has 22 heavy (non-hydrogen) atoms. The lowest BCUT2D eigenvalue weighted by Crippen LogP contribution is -2.38. The van der Waals surface area contributed by atoms with Crippen molar-refractivity contribution >= 4 is 40.9 Å². The van der Waals surface area contributed by atoms with Crippen LogP contribution in [0.3, 0.4) is 0 Å². The van der Waals surface area contributed by atoms with E-state index in [0.29, 0.717) is 0 Å². The molecule has 0 aliphatic heterocycles. The van der Waals surface area contributed by atoms with Crippen LogP contribution in [0.1, 0.15) is 25.0 Å². The Morgan fingerprint density at radius 3 is 2.82 bits per heavy atom. The van der Waals surface area contributed by atoms with E-state index in [-0.39, 0.29) is 24.0 Å². The Morgan fingerprint density at radius 1 is 1.36 bits per heavy atom. The minimum atomic E-state index is 0. The molecule has 1 aromatic heterocycles. The van der Waals surface area contributed by atoms with Gasteiger partial charge in [-0.1, -0.05) is 31.0 Å². The summed E-state index contributed by atoms with van der Waals surface area (Å²) in [6.07, 6.45) is 4.04. The molecule has 1 aliphatic carbocycles. The van der Waals surface area contributed by atoms with Gasteiger partial charge in [-0.25, -0.2) is 0 Å². The van der Waals surface area contributed by atoms with Crippen LogP contribution in [-0.4, -0.2) is 31.5 Å². The summed E-state index contributed by atoms with van der Waals surface area (Å²) in [5.41, 5.74) is 0.942. The summed E-state index contributed by atoms with van der Waals surface area (Å²) < 4.78 is 5.86. The predicted octanol–water partition coefficient (Wildman–Crippen LogP) is 3.86. The van der Waals surface area contributed by atoms with E-state index in [4.69, 9.17) is 4.42 Å². The molecule has 0 unspecified atom stereocenters. The number of aliphatic imine (C=N–C) groups is 1. The van der Waals surface area contributed by atoms with Crippen LogP contribution in [0.15, 0.2) is 39.7 Å². The monoisotopic (exact) mass is 413 g/mol. The molecule has 120 valence electrons. The van der Waals surface area contributed by atoms with E-state index in [1.807, 2.05) is 32.3 Å². The average molecular weight is 413 g/mol. The molecule has 1 heterocycles. The standard InChI is InChI=1S/C17H23N3O.HI/c1-18-17(19-10-9-13-7-8-13)20(2)12-15-11-14-5-3-4-6-16(14)21-15;/h3-6,11,13H,7-10,12H2,1-2H3,(H,18,19);1H. The van der Waals surface area contributed by atoms with Gasteiger partial charge >= 0.3 is 0 Å². The number of halogens is 1. The van der Waals surface area contributed by atoms with E-state index in [0.717, 1.165) is 41.7 Å². The van der Waals surface area contributed by atoms with Crippen molar-refractivity contribution in [1.82, 2.24) is 10.2 Å². The zero-order valence-corrected chi connectivity index (χ0v) is 15.5. The Bertz CT molecular complexity index is 601. The first kappa shape index (κ1) is 17.1. The van der Waals surface area contributed by atoms with Gasteiger partial charge in [-0.15, -0.1) is 24.0 Å². The fourth-order valence-electron chi connectivity index (χ4n) is 2.60. The number of nitrogens with zero attached hydrogens (tertiary/aromatic N) is 2. The average Bonchev–Trinajstić information content (AvgIpc) is 3.21. The maximum Gasteiger partial charge on any atom is 0.193 e. The van der Waals surface area contributed by atoms with Crippen molar-refractivity contribution in [2.45, 2.75) is 25.8 Å². The SMILES string of the molecule is CN=C(NCCC1CC1)N(C)Cc1cc2ccccc2o1.I. The highest BCUT2D eigenvalue weighted by Gasteiger charge is 2.20. The van der Waals surface area contributed by atoms with Gasteiger partial charge in [-0.3, -0.25) is 4.99 Å². The fourth-order valence-corrected chi connectivity index (χ4v) is 2.60. The number of fused-ring (bicyclic) bond motifs is 1. The molecule has 4 nitrogen and oxygen atoms in total. The second-order valence-electron chi connectivity index (χ2n) is 5.81. The number of benzene rings is 1. The maximum absolute atomic E-state index is 5.86. The maximum atomic E-state index is 5.86. The Kier molecular flexibility index (Phi) is 6.11. The summed E-state index contributed by atoms with van der Waals surface area (Å²) >= 11 is 0. The number of hydrogen-bond donors (Lipinski definition) is 1. The summed E-state index contributed by atoms with van der Waals surface area (Å²) in [4.78, 5) is 6.45. The lowest BCUT2D eigenvalue weighted by atomic mass is 10.2. The van der Waals surface area contributed by atoms with Crippen molar-refractivity contribution in [3.8, 4) is 0 Å². The van der Waals surface area contributed by atoms with E-state index in [2.05, 4.69) is 27.3 Å². The first-order chi connectivity index (χ1) is 10.3. The molecule has 0 amide bonds. The zero-order chi connectivity index (χ0) is 14.7. The van der Waals surface area contributed by atoms with Crippen molar-refractivity contribution in [3.05, 3.63) is 36.1 Å². The van der Waals surface area contributed by atoms with E-state index in [1.165, 1.54) is 19.3 Å². The van der Waals surface area contributed by atoms with Gasteiger partial charge in [0.2, 0.25) is 0 Å². The van der Waals surface area contributed by atoms with Crippen molar-refractivity contribution in [2.24, 2.45) is 10.9 Å². The first-order valence-corrected chi connectivity index (χ1v) is 7.65. The van der Waals surface area contributed by atoms with Crippen LogP contribution in [0.5, 0.6) is 0 Å². The van der Waals surface area contributed by atoms with E-state index in [9.17, 15) is 0 Å².